The molecule has 7 nitrogen and oxygen atoms in total. The molecule has 1 aliphatic rings. The van der Waals surface area contributed by atoms with Crippen LogP contribution >= 0.6 is 11.8 Å². The lowest BCUT2D eigenvalue weighted by atomic mass is 9.89. The summed E-state index contributed by atoms with van der Waals surface area (Å²) >= 11 is 1.07. The predicted molar refractivity (Wildman–Crippen MR) is 109 cm³/mol. The zero-order valence-electron chi connectivity index (χ0n) is 16.9. The number of aromatic nitrogens is 2. The van der Waals surface area contributed by atoms with Crippen molar-refractivity contribution < 1.29 is 27.2 Å². The van der Waals surface area contributed by atoms with E-state index in [1.807, 2.05) is 0 Å². The van der Waals surface area contributed by atoms with Crippen LogP contribution in [0.1, 0.15) is 49.5 Å². The third-order valence-electron chi connectivity index (χ3n) is 5.01. The molecule has 3 rings (SSSR count). The van der Waals surface area contributed by atoms with Crippen molar-refractivity contribution in [2.24, 2.45) is 0 Å². The minimum atomic E-state index is -4.59. The lowest BCUT2D eigenvalue weighted by molar-refractivity contribution is -0.137. The first-order valence-corrected chi connectivity index (χ1v) is 10.9. The summed E-state index contributed by atoms with van der Waals surface area (Å²) in [7, 11) is 1.40. The summed E-state index contributed by atoms with van der Waals surface area (Å²) in [5.74, 6) is -0.297. The number of nitrogens with zero attached hydrogens (tertiary/aromatic N) is 3. The van der Waals surface area contributed by atoms with Gasteiger partial charge in [-0.2, -0.15) is 13.2 Å². The van der Waals surface area contributed by atoms with E-state index in [1.54, 1.807) is 0 Å². The number of hydrogen-bond acceptors (Lipinski definition) is 6. The van der Waals surface area contributed by atoms with E-state index in [9.17, 15) is 22.8 Å². The van der Waals surface area contributed by atoms with Gasteiger partial charge in [-0.05, 0) is 25.0 Å². The van der Waals surface area contributed by atoms with E-state index in [2.05, 4.69) is 15.5 Å². The maximum atomic E-state index is 13.0. The fraction of sp³-hybridized carbons (Fsp3) is 0.500. The Morgan fingerprint density at radius 1 is 1.19 bits per heavy atom. The Morgan fingerprint density at radius 2 is 1.90 bits per heavy atom. The van der Waals surface area contributed by atoms with Gasteiger partial charge >= 0.3 is 6.18 Å². The molecule has 1 saturated carbocycles. The number of para-hydroxylation sites is 1. The number of rotatable bonds is 7. The zero-order chi connectivity index (χ0) is 22.4. The standard InChI is InChI=1S/C20H23F3N4O3S/c1-27(11-16(28)24-15-10-6-5-9-14(15)20(21,22)23)17(29)12-31-19-26-25-18(30-19)13-7-3-2-4-8-13/h5-6,9-10,13H,2-4,7-8,11-12H2,1H3,(H,24,28). The monoisotopic (exact) mass is 456 g/mol. The highest BCUT2D eigenvalue weighted by Gasteiger charge is 2.33. The summed E-state index contributed by atoms with van der Waals surface area (Å²) < 4.78 is 44.7. The van der Waals surface area contributed by atoms with Crippen LogP contribution in [0.5, 0.6) is 0 Å². The molecule has 1 aliphatic carbocycles. The quantitative estimate of drug-likeness (QED) is 0.624. The van der Waals surface area contributed by atoms with Gasteiger partial charge in [-0.25, -0.2) is 0 Å². The van der Waals surface area contributed by atoms with Crippen LogP contribution in [0, 0.1) is 0 Å². The smallest absolute Gasteiger partial charge is 0.416 e. The molecule has 0 saturated heterocycles. The topological polar surface area (TPSA) is 88.3 Å². The van der Waals surface area contributed by atoms with Crippen molar-refractivity contribution >= 4 is 29.3 Å². The zero-order valence-corrected chi connectivity index (χ0v) is 17.8. The van der Waals surface area contributed by atoms with Crippen LogP contribution in [0.3, 0.4) is 0 Å². The number of thioether (sulfide) groups is 1. The van der Waals surface area contributed by atoms with Gasteiger partial charge in [0.15, 0.2) is 0 Å². The number of hydrogen-bond donors (Lipinski definition) is 1. The second-order valence-corrected chi connectivity index (χ2v) is 8.30. The molecule has 1 heterocycles. The molecule has 1 N–H and O–H groups in total. The Morgan fingerprint density at radius 3 is 2.61 bits per heavy atom. The highest BCUT2D eigenvalue weighted by atomic mass is 32.2. The minimum absolute atomic E-state index is 0.0325. The van der Waals surface area contributed by atoms with E-state index in [-0.39, 0.29) is 35.0 Å². The second-order valence-electron chi connectivity index (χ2n) is 7.37. The van der Waals surface area contributed by atoms with Crippen LogP contribution in [0.2, 0.25) is 0 Å². The highest BCUT2D eigenvalue weighted by molar-refractivity contribution is 7.99. The molecule has 1 fully saturated rings. The SMILES string of the molecule is CN(CC(=O)Nc1ccccc1C(F)(F)F)C(=O)CSc1nnc(C2CCCCC2)o1. The number of alkyl halides is 3. The maximum absolute atomic E-state index is 13.0. The third kappa shape index (κ3) is 6.46. The fourth-order valence-electron chi connectivity index (χ4n) is 3.36. The van der Waals surface area contributed by atoms with E-state index in [0.29, 0.717) is 5.89 Å². The van der Waals surface area contributed by atoms with Crippen LogP contribution < -0.4 is 5.32 Å². The van der Waals surface area contributed by atoms with Crippen molar-refractivity contribution in [3.8, 4) is 0 Å². The molecule has 11 heteroatoms. The first-order chi connectivity index (χ1) is 14.7. The molecule has 0 atom stereocenters. The van der Waals surface area contributed by atoms with Gasteiger partial charge < -0.3 is 14.6 Å². The number of anilines is 1. The van der Waals surface area contributed by atoms with E-state index in [1.165, 1.54) is 25.6 Å². The van der Waals surface area contributed by atoms with Gasteiger partial charge in [-0.1, -0.05) is 43.2 Å². The van der Waals surface area contributed by atoms with Gasteiger partial charge in [-0.15, -0.1) is 10.2 Å². The molecule has 0 unspecified atom stereocenters. The number of benzene rings is 1. The normalized spacial score (nSPS) is 15.0. The van der Waals surface area contributed by atoms with Gasteiger partial charge in [-0.3, -0.25) is 9.59 Å². The Labute approximate surface area is 181 Å². The van der Waals surface area contributed by atoms with Crippen molar-refractivity contribution in [2.45, 2.75) is 49.4 Å². The number of likely N-dealkylation sites (N-methyl/N-ethyl adjacent to an activating group) is 1. The average molecular weight is 456 g/mol. The third-order valence-corrected chi connectivity index (χ3v) is 5.81. The number of amides is 2. The molecular formula is C20H23F3N4O3S. The van der Waals surface area contributed by atoms with Crippen molar-refractivity contribution in [3.05, 3.63) is 35.7 Å². The Balaban J connectivity index is 1.48. The summed E-state index contributed by atoms with van der Waals surface area (Å²) in [5.41, 5.74) is -1.30. The molecule has 1 aromatic heterocycles. The summed E-state index contributed by atoms with van der Waals surface area (Å²) in [4.78, 5) is 25.6. The highest BCUT2D eigenvalue weighted by Crippen LogP contribution is 2.35. The molecule has 0 bridgehead atoms. The molecule has 0 radical (unpaired) electrons. The molecule has 31 heavy (non-hydrogen) atoms. The lowest BCUT2D eigenvalue weighted by Crippen LogP contribution is -2.36. The van der Waals surface area contributed by atoms with Gasteiger partial charge in [0.1, 0.15) is 0 Å². The van der Waals surface area contributed by atoms with Crippen molar-refractivity contribution in [2.75, 3.05) is 24.7 Å². The summed E-state index contributed by atoms with van der Waals surface area (Å²) in [5, 5.41) is 10.5. The lowest BCUT2D eigenvalue weighted by Gasteiger charge is -2.18. The van der Waals surface area contributed by atoms with Gasteiger partial charge in [0.25, 0.3) is 5.22 Å². The molecule has 2 aromatic rings. The predicted octanol–water partition coefficient (Wildman–Crippen LogP) is 4.33. The summed E-state index contributed by atoms with van der Waals surface area (Å²) in [6, 6.07) is 4.68. The Hall–Kier alpha value is -2.56. The first kappa shape index (κ1) is 23.1. The first-order valence-electron chi connectivity index (χ1n) is 9.90. The molecule has 168 valence electrons. The summed E-state index contributed by atoms with van der Waals surface area (Å²) in [6.07, 6.45) is 0.912. The van der Waals surface area contributed by atoms with Gasteiger partial charge in [0.05, 0.1) is 23.5 Å². The second kappa shape index (κ2) is 10.2. The summed E-state index contributed by atoms with van der Waals surface area (Å²) in [6.45, 7) is -0.386. The van der Waals surface area contributed by atoms with E-state index < -0.39 is 17.6 Å². The van der Waals surface area contributed by atoms with Crippen LogP contribution in [0.4, 0.5) is 18.9 Å². The molecular weight excluding hydrogens is 433 g/mol. The van der Waals surface area contributed by atoms with Crippen LogP contribution in [0.15, 0.2) is 33.9 Å². The van der Waals surface area contributed by atoms with E-state index >= 15 is 0 Å². The number of nitrogens with one attached hydrogen (secondary N) is 1. The molecule has 1 aromatic carbocycles. The van der Waals surface area contributed by atoms with Crippen LogP contribution in [-0.4, -0.2) is 46.3 Å². The Bertz CT molecular complexity index is 913. The number of halogens is 3. The fourth-order valence-corrected chi connectivity index (χ4v) is 4.07. The Kier molecular flexibility index (Phi) is 7.58. The van der Waals surface area contributed by atoms with Crippen LogP contribution in [-0.2, 0) is 15.8 Å². The molecule has 0 aliphatic heterocycles. The van der Waals surface area contributed by atoms with Crippen molar-refractivity contribution in [3.63, 3.8) is 0 Å². The largest absolute Gasteiger partial charge is 0.418 e. The maximum Gasteiger partial charge on any atom is 0.418 e. The van der Waals surface area contributed by atoms with Gasteiger partial charge in [0, 0.05) is 13.0 Å². The molecule has 0 spiro atoms. The van der Waals surface area contributed by atoms with Crippen molar-refractivity contribution in [1.29, 1.82) is 0 Å². The molecule has 2 amide bonds. The van der Waals surface area contributed by atoms with E-state index in [4.69, 9.17) is 4.42 Å². The number of carbonyl (C=O) groups is 2. The van der Waals surface area contributed by atoms with Crippen LogP contribution in [0.25, 0.3) is 0 Å². The average Bonchev–Trinajstić information content (AvgIpc) is 3.21. The van der Waals surface area contributed by atoms with E-state index in [0.717, 1.165) is 54.5 Å². The minimum Gasteiger partial charge on any atom is -0.416 e. The van der Waals surface area contributed by atoms with Gasteiger partial charge in [0.2, 0.25) is 17.7 Å². The number of carbonyl (C=O) groups excluding carboxylic acids is 2. The van der Waals surface area contributed by atoms with Crippen molar-refractivity contribution in [1.82, 2.24) is 15.1 Å².